The summed E-state index contributed by atoms with van der Waals surface area (Å²) in [4.78, 5) is 28.6. The molecular formula is C16H18N2O3. The topological polar surface area (TPSA) is 73.4 Å². The minimum atomic E-state index is -0.848. The third kappa shape index (κ3) is 2.63. The van der Waals surface area contributed by atoms with Crippen molar-refractivity contribution in [3.05, 3.63) is 36.0 Å². The number of carbonyl (C=O) groups is 2. The number of rotatable bonds is 3. The number of benzene rings is 1. The molecule has 1 unspecified atom stereocenters. The lowest BCUT2D eigenvalue weighted by Crippen LogP contribution is -2.44. The monoisotopic (exact) mass is 286 g/mol. The predicted octanol–water partition coefficient (Wildman–Crippen LogP) is 2.64. The number of nitrogens with one attached hydrogen (secondary N) is 1. The molecular weight excluding hydrogens is 268 g/mol. The number of likely N-dealkylation sites (tertiary alicyclic amines) is 1. The van der Waals surface area contributed by atoms with Gasteiger partial charge in [-0.15, -0.1) is 0 Å². The molecule has 1 aromatic heterocycles. The fourth-order valence-corrected chi connectivity index (χ4v) is 3.08. The maximum atomic E-state index is 12.8. The summed E-state index contributed by atoms with van der Waals surface area (Å²) in [5, 5.41) is 9.91. The van der Waals surface area contributed by atoms with Crippen LogP contribution in [0, 0.1) is 0 Å². The number of fused-ring (bicyclic) bond motifs is 1. The Kier molecular flexibility index (Phi) is 3.64. The van der Waals surface area contributed by atoms with Crippen molar-refractivity contribution in [2.75, 3.05) is 6.54 Å². The van der Waals surface area contributed by atoms with Crippen LogP contribution in [0.4, 0.5) is 0 Å². The second kappa shape index (κ2) is 5.60. The second-order valence-corrected chi connectivity index (χ2v) is 5.49. The van der Waals surface area contributed by atoms with Crippen LogP contribution in [-0.2, 0) is 4.79 Å². The molecule has 110 valence electrons. The Morgan fingerprint density at radius 3 is 2.90 bits per heavy atom. The molecule has 0 spiro atoms. The summed E-state index contributed by atoms with van der Waals surface area (Å²) in [6, 6.07) is 7.46. The van der Waals surface area contributed by atoms with Gasteiger partial charge in [-0.25, -0.2) is 0 Å². The Balaban J connectivity index is 1.90. The molecule has 0 radical (unpaired) electrons. The molecule has 21 heavy (non-hydrogen) atoms. The maximum absolute atomic E-state index is 12.8. The number of carboxylic acids is 1. The molecule has 2 heterocycles. The lowest BCUT2D eigenvalue weighted by Gasteiger charge is -2.34. The highest BCUT2D eigenvalue weighted by molar-refractivity contribution is 6.06. The molecule has 5 heteroatoms. The highest BCUT2D eigenvalue weighted by Gasteiger charge is 2.30. The molecule has 1 aliphatic rings. The summed E-state index contributed by atoms with van der Waals surface area (Å²) in [6.07, 6.45) is 4.42. The minimum Gasteiger partial charge on any atom is -0.481 e. The van der Waals surface area contributed by atoms with E-state index in [1.165, 1.54) is 0 Å². The number of carbonyl (C=O) groups excluding carboxylic acids is 1. The van der Waals surface area contributed by atoms with Crippen molar-refractivity contribution in [1.82, 2.24) is 9.88 Å². The molecule has 1 fully saturated rings. The number of hydrogen-bond acceptors (Lipinski definition) is 2. The molecule has 5 nitrogen and oxygen atoms in total. The van der Waals surface area contributed by atoms with Crippen LogP contribution in [0.2, 0.25) is 0 Å². The van der Waals surface area contributed by atoms with Gasteiger partial charge in [-0.05, 0) is 25.3 Å². The Bertz CT molecular complexity index is 677. The van der Waals surface area contributed by atoms with E-state index in [0.29, 0.717) is 12.1 Å². The lowest BCUT2D eigenvalue weighted by atomic mass is 9.98. The van der Waals surface area contributed by atoms with Crippen molar-refractivity contribution in [2.24, 2.45) is 0 Å². The fourth-order valence-electron chi connectivity index (χ4n) is 3.08. The van der Waals surface area contributed by atoms with Crippen molar-refractivity contribution >= 4 is 22.8 Å². The van der Waals surface area contributed by atoms with Gasteiger partial charge in [-0.1, -0.05) is 18.2 Å². The Hall–Kier alpha value is -2.30. The standard InChI is InChI=1S/C16H18N2O3/c19-15(20)9-11-5-3-4-8-18(11)16(21)13-10-17-14-7-2-1-6-12(13)14/h1-2,6-7,10-11,17H,3-5,8-9H2,(H,19,20). The van der Waals surface area contributed by atoms with Crippen LogP contribution in [0.15, 0.2) is 30.5 Å². The summed E-state index contributed by atoms with van der Waals surface area (Å²) in [5.74, 6) is -0.919. The van der Waals surface area contributed by atoms with Gasteiger partial charge in [0.15, 0.2) is 0 Å². The number of aliphatic carboxylic acids is 1. The first kappa shape index (κ1) is 13.7. The van der Waals surface area contributed by atoms with E-state index in [2.05, 4.69) is 4.98 Å². The molecule has 0 saturated carbocycles. The number of para-hydroxylation sites is 1. The average molecular weight is 286 g/mol. The van der Waals surface area contributed by atoms with Gasteiger partial charge in [0.05, 0.1) is 12.0 Å². The van der Waals surface area contributed by atoms with Gasteiger partial charge in [0.25, 0.3) is 5.91 Å². The van der Waals surface area contributed by atoms with Gasteiger partial charge in [-0.2, -0.15) is 0 Å². The second-order valence-electron chi connectivity index (χ2n) is 5.49. The zero-order chi connectivity index (χ0) is 14.8. The molecule has 1 atom stereocenters. The number of amides is 1. The third-order valence-corrected chi connectivity index (χ3v) is 4.12. The number of aromatic amines is 1. The molecule has 2 N–H and O–H groups in total. The van der Waals surface area contributed by atoms with Crippen LogP contribution < -0.4 is 0 Å². The number of H-pyrrole nitrogens is 1. The van der Waals surface area contributed by atoms with Gasteiger partial charge in [0, 0.05) is 29.7 Å². The molecule has 0 bridgehead atoms. The summed E-state index contributed by atoms with van der Waals surface area (Å²) in [7, 11) is 0. The average Bonchev–Trinajstić information content (AvgIpc) is 2.90. The van der Waals surface area contributed by atoms with Crippen molar-refractivity contribution < 1.29 is 14.7 Å². The highest BCUT2D eigenvalue weighted by Crippen LogP contribution is 2.25. The maximum Gasteiger partial charge on any atom is 0.305 e. The molecule has 0 aliphatic carbocycles. The highest BCUT2D eigenvalue weighted by atomic mass is 16.4. The summed E-state index contributed by atoms with van der Waals surface area (Å²) < 4.78 is 0. The van der Waals surface area contributed by atoms with Gasteiger partial charge in [-0.3, -0.25) is 9.59 Å². The first-order valence-electron chi connectivity index (χ1n) is 7.25. The quantitative estimate of drug-likeness (QED) is 0.911. The fraction of sp³-hybridized carbons (Fsp3) is 0.375. The van der Waals surface area contributed by atoms with E-state index in [-0.39, 0.29) is 18.4 Å². The Morgan fingerprint density at radius 2 is 2.10 bits per heavy atom. The van der Waals surface area contributed by atoms with Crippen LogP contribution in [0.3, 0.4) is 0 Å². The van der Waals surface area contributed by atoms with E-state index < -0.39 is 5.97 Å². The van der Waals surface area contributed by atoms with Crippen molar-refractivity contribution in [3.8, 4) is 0 Å². The van der Waals surface area contributed by atoms with Crippen molar-refractivity contribution in [3.63, 3.8) is 0 Å². The van der Waals surface area contributed by atoms with Crippen LogP contribution in [0.25, 0.3) is 10.9 Å². The van der Waals surface area contributed by atoms with Gasteiger partial charge in [0.2, 0.25) is 0 Å². The molecule has 1 aliphatic heterocycles. The smallest absolute Gasteiger partial charge is 0.305 e. The first-order valence-corrected chi connectivity index (χ1v) is 7.25. The number of aromatic nitrogens is 1. The number of nitrogens with zero attached hydrogens (tertiary/aromatic N) is 1. The largest absolute Gasteiger partial charge is 0.481 e. The van der Waals surface area contributed by atoms with Crippen LogP contribution in [0.5, 0.6) is 0 Å². The van der Waals surface area contributed by atoms with Gasteiger partial charge in [0.1, 0.15) is 0 Å². The van der Waals surface area contributed by atoms with Crippen molar-refractivity contribution in [1.29, 1.82) is 0 Å². The zero-order valence-corrected chi connectivity index (χ0v) is 11.7. The van der Waals surface area contributed by atoms with E-state index in [9.17, 15) is 9.59 Å². The predicted molar refractivity (Wildman–Crippen MR) is 79.2 cm³/mol. The van der Waals surface area contributed by atoms with Gasteiger partial charge < -0.3 is 15.0 Å². The summed E-state index contributed by atoms with van der Waals surface area (Å²) in [5.41, 5.74) is 1.55. The van der Waals surface area contributed by atoms with E-state index >= 15 is 0 Å². The first-order chi connectivity index (χ1) is 10.2. The van der Waals surface area contributed by atoms with Crippen LogP contribution >= 0.6 is 0 Å². The van der Waals surface area contributed by atoms with Crippen LogP contribution in [0.1, 0.15) is 36.0 Å². The summed E-state index contributed by atoms with van der Waals surface area (Å²) in [6.45, 7) is 0.635. The lowest BCUT2D eigenvalue weighted by molar-refractivity contribution is -0.138. The molecule has 1 aromatic carbocycles. The van der Waals surface area contributed by atoms with E-state index in [4.69, 9.17) is 5.11 Å². The minimum absolute atomic E-state index is 0.0219. The third-order valence-electron chi connectivity index (χ3n) is 4.12. The van der Waals surface area contributed by atoms with E-state index in [1.807, 2.05) is 24.3 Å². The number of hydrogen-bond donors (Lipinski definition) is 2. The Morgan fingerprint density at radius 1 is 1.29 bits per heavy atom. The summed E-state index contributed by atoms with van der Waals surface area (Å²) >= 11 is 0. The number of piperidine rings is 1. The van der Waals surface area contributed by atoms with Gasteiger partial charge >= 0.3 is 5.97 Å². The van der Waals surface area contributed by atoms with E-state index in [0.717, 1.165) is 30.2 Å². The number of carboxylic acid groups (broad SMARTS) is 1. The molecule has 1 saturated heterocycles. The van der Waals surface area contributed by atoms with Crippen LogP contribution in [-0.4, -0.2) is 39.5 Å². The SMILES string of the molecule is O=C(O)CC1CCCCN1C(=O)c1c[nH]c2ccccc12. The van der Waals surface area contributed by atoms with E-state index in [1.54, 1.807) is 11.1 Å². The molecule has 3 rings (SSSR count). The zero-order valence-electron chi connectivity index (χ0n) is 11.7. The Labute approximate surface area is 122 Å². The normalized spacial score (nSPS) is 18.9. The van der Waals surface area contributed by atoms with Crippen molar-refractivity contribution in [2.45, 2.75) is 31.7 Å². The molecule has 2 aromatic rings. The molecule has 1 amide bonds.